The van der Waals surface area contributed by atoms with E-state index in [9.17, 15) is 4.79 Å². The van der Waals surface area contributed by atoms with Gasteiger partial charge >= 0.3 is 0 Å². The quantitative estimate of drug-likeness (QED) is 0.576. The second kappa shape index (κ2) is 7.29. The van der Waals surface area contributed by atoms with Gasteiger partial charge in [0, 0.05) is 11.8 Å². The summed E-state index contributed by atoms with van der Waals surface area (Å²) >= 11 is 0. The summed E-state index contributed by atoms with van der Waals surface area (Å²) in [5, 5.41) is 0. The van der Waals surface area contributed by atoms with E-state index < -0.39 is 0 Å². The first-order valence-electron chi connectivity index (χ1n) is 6.58. The first kappa shape index (κ1) is 16.5. The Bertz CT molecular complexity index is 273. The van der Waals surface area contributed by atoms with Crippen LogP contribution < -0.4 is 0 Å². The average Bonchev–Trinajstić information content (AvgIpc) is 2.36. The first-order chi connectivity index (χ1) is 8.38. The van der Waals surface area contributed by atoms with Crippen molar-refractivity contribution >= 4 is 22.8 Å². The van der Waals surface area contributed by atoms with Crippen molar-refractivity contribution in [3.8, 4) is 0 Å². The topological polar surface area (TPSA) is 35.5 Å². The Labute approximate surface area is 114 Å². The second-order valence-corrected chi connectivity index (χ2v) is 9.79. The van der Waals surface area contributed by atoms with Crippen LogP contribution in [0, 0.1) is 23.7 Å². The van der Waals surface area contributed by atoms with Crippen LogP contribution in [-0.4, -0.2) is 31.7 Å². The third-order valence-corrected chi connectivity index (χ3v) is 5.73. The predicted molar refractivity (Wildman–Crippen MR) is 79.9 cm³/mol. The third kappa shape index (κ3) is 3.97. The van der Waals surface area contributed by atoms with Crippen LogP contribution >= 0.6 is 16.5 Å². The Hall–Kier alpha value is 0.450. The molecule has 106 valence electrons. The average molecular weight is 292 g/mol. The van der Waals surface area contributed by atoms with Crippen molar-refractivity contribution in [2.45, 2.75) is 39.8 Å². The lowest BCUT2D eigenvalue weighted by molar-refractivity contribution is -0.209. The molecule has 5 heteroatoms. The number of aldehydes is 1. The standard InChI is InChI=1S/C13H26O3P2/c1-8(6-14)10(3)11(4)12-9(2)7-15-13(16-12)18(5)17/h6,8-13H,7,17H2,1-5H3/t8-,9?,10?,11?,12?,13?,18?/m0/s1. The van der Waals surface area contributed by atoms with Crippen LogP contribution in [0.5, 0.6) is 0 Å². The summed E-state index contributed by atoms with van der Waals surface area (Å²) in [6.45, 7) is 11.4. The lowest BCUT2D eigenvalue weighted by Gasteiger charge is -2.41. The van der Waals surface area contributed by atoms with Gasteiger partial charge in [-0.05, 0) is 26.1 Å². The third-order valence-electron chi connectivity index (χ3n) is 4.06. The summed E-state index contributed by atoms with van der Waals surface area (Å²) in [6, 6.07) is -0.0765. The van der Waals surface area contributed by atoms with Gasteiger partial charge in [0.15, 0.2) is 6.03 Å². The molecule has 0 radical (unpaired) electrons. The van der Waals surface area contributed by atoms with Crippen molar-refractivity contribution in [2.24, 2.45) is 23.7 Å². The van der Waals surface area contributed by atoms with E-state index in [4.69, 9.17) is 9.47 Å². The van der Waals surface area contributed by atoms with E-state index >= 15 is 0 Å². The van der Waals surface area contributed by atoms with Crippen molar-refractivity contribution < 1.29 is 14.3 Å². The fourth-order valence-electron chi connectivity index (χ4n) is 2.39. The van der Waals surface area contributed by atoms with E-state index in [1.54, 1.807) is 0 Å². The van der Waals surface area contributed by atoms with E-state index in [-0.39, 0.29) is 25.7 Å². The van der Waals surface area contributed by atoms with Gasteiger partial charge in [-0.1, -0.05) is 27.7 Å². The van der Waals surface area contributed by atoms with Crippen LogP contribution in [0.3, 0.4) is 0 Å². The lowest BCUT2D eigenvalue weighted by atomic mass is 9.79. The highest BCUT2D eigenvalue weighted by Gasteiger charge is 2.37. The Kier molecular flexibility index (Phi) is 6.68. The molecule has 0 aromatic heterocycles. The Morgan fingerprint density at radius 3 is 2.50 bits per heavy atom. The van der Waals surface area contributed by atoms with E-state index in [1.807, 2.05) is 6.92 Å². The molecule has 0 N–H and O–H groups in total. The molecule has 1 aliphatic heterocycles. The van der Waals surface area contributed by atoms with Crippen LogP contribution in [0.1, 0.15) is 27.7 Å². The summed E-state index contributed by atoms with van der Waals surface area (Å²) in [5.74, 6) is 1.17. The predicted octanol–water partition coefficient (Wildman–Crippen LogP) is 3.33. The van der Waals surface area contributed by atoms with Crippen LogP contribution in [0.25, 0.3) is 0 Å². The van der Waals surface area contributed by atoms with Gasteiger partial charge in [0.2, 0.25) is 0 Å². The molecule has 0 amide bonds. The molecule has 1 fully saturated rings. The van der Waals surface area contributed by atoms with Gasteiger partial charge in [-0.2, -0.15) is 0 Å². The second-order valence-electron chi connectivity index (χ2n) is 5.60. The highest BCUT2D eigenvalue weighted by atomic mass is 32.0. The molecule has 0 aliphatic carbocycles. The first-order valence-corrected chi connectivity index (χ1v) is 10.1. The van der Waals surface area contributed by atoms with E-state index in [2.05, 4.69) is 36.4 Å². The number of hydrogen-bond donors (Lipinski definition) is 0. The molecule has 1 saturated heterocycles. The van der Waals surface area contributed by atoms with Gasteiger partial charge in [-0.25, -0.2) is 0 Å². The fraction of sp³-hybridized carbons (Fsp3) is 0.923. The monoisotopic (exact) mass is 292 g/mol. The molecule has 18 heavy (non-hydrogen) atoms. The molecule has 3 nitrogen and oxygen atoms in total. The zero-order valence-corrected chi connectivity index (χ0v) is 14.0. The molecular weight excluding hydrogens is 266 g/mol. The van der Waals surface area contributed by atoms with Crippen LogP contribution in [0.4, 0.5) is 0 Å². The minimum absolute atomic E-state index is 0.0765. The maximum absolute atomic E-state index is 10.9. The van der Waals surface area contributed by atoms with Crippen LogP contribution in [-0.2, 0) is 14.3 Å². The molecule has 0 saturated carbocycles. The number of hydrogen-bond acceptors (Lipinski definition) is 3. The maximum atomic E-state index is 10.9. The van der Waals surface area contributed by atoms with Gasteiger partial charge in [0.1, 0.15) is 6.29 Å². The zero-order chi connectivity index (χ0) is 13.9. The van der Waals surface area contributed by atoms with Gasteiger partial charge in [-0.3, -0.25) is 0 Å². The normalized spacial score (nSPS) is 35.6. The van der Waals surface area contributed by atoms with Crippen molar-refractivity contribution in [3.05, 3.63) is 0 Å². The molecule has 1 aliphatic rings. The largest absolute Gasteiger partial charge is 0.348 e. The van der Waals surface area contributed by atoms with Crippen molar-refractivity contribution in [1.82, 2.24) is 0 Å². The molecule has 0 aromatic carbocycles. The molecule has 0 spiro atoms. The molecule has 8 atom stereocenters. The Morgan fingerprint density at radius 2 is 2.00 bits per heavy atom. The number of carbonyl (C=O) groups excluding carboxylic acids is 1. The van der Waals surface area contributed by atoms with Crippen LogP contribution in [0.15, 0.2) is 0 Å². The highest BCUT2D eigenvalue weighted by Crippen LogP contribution is 2.49. The SMILES string of the molecule is CC1COC(P(C)P)OC1C(C)C(C)[C@@H](C)C=O. The number of rotatable bonds is 5. The molecule has 0 aromatic rings. The molecule has 1 heterocycles. The van der Waals surface area contributed by atoms with Gasteiger partial charge in [0.05, 0.1) is 12.7 Å². The smallest absolute Gasteiger partial charge is 0.179 e. The summed E-state index contributed by atoms with van der Waals surface area (Å²) < 4.78 is 11.8. The van der Waals surface area contributed by atoms with Gasteiger partial charge < -0.3 is 14.3 Å². The minimum Gasteiger partial charge on any atom is -0.348 e. The molecule has 1 rings (SSSR count). The van der Waals surface area contributed by atoms with E-state index in [0.717, 1.165) is 12.9 Å². The Balaban J connectivity index is 2.69. The van der Waals surface area contributed by atoms with Crippen molar-refractivity contribution in [1.29, 1.82) is 0 Å². The lowest BCUT2D eigenvalue weighted by Crippen LogP contribution is -2.43. The summed E-state index contributed by atoms with van der Waals surface area (Å²) in [6.07, 6.45) is 1.23. The van der Waals surface area contributed by atoms with Crippen molar-refractivity contribution in [3.63, 3.8) is 0 Å². The van der Waals surface area contributed by atoms with E-state index in [0.29, 0.717) is 17.8 Å². The maximum Gasteiger partial charge on any atom is 0.179 e. The fourth-order valence-corrected chi connectivity index (χ4v) is 3.52. The van der Waals surface area contributed by atoms with E-state index in [1.165, 1.54) is 0 Å². The number of ether oxygens (including phenoxy) is 2. The van der Waals surface area contributed by atoms with Crippen LogP contribution in [0.2, 0.25) is 0 Å². The Morgan fingerprint density at radius 1 is 1.39 bits per heavy atom. The zero-order valence-electron chi connectivity index (χ0n) is 12.0. The van der Waals surface area contributed by atoms with Gasteiger partial charge in [-0.15, -0.1) is 8.93 Å². The molecule has 0 bridgehead atoms. The summed E-state index contributed by atoms with van der Waals surface area (Å²) in [5.41, 5.74) is 0. The molecular formula is C13H26O3P2. The summed E-state index contributed by atoms with van der Waals surface area (Å²) in [7, 11) is 2.47. The summed E-state index contributed by atoms with van der Waals surface area (Å²) in [4.78, 5) is 10.9. The minimum atomic E-state index is -0.325. The van der Waals surface area contributed by atoms with Gasteiger partial charge in [0.25, 0.3) is 0 Å². The van der Waals surface area contributed by atoms with Crippen molar-refractivity contribution in [2.75, 3.05) is 13.3 Å². The number of carbonyl (C=O) groups is 1. The molecule has 7 unspecified atom stereocenters. The highest BCUT2D eigenvalue weighted by molar-refractivity contribution is 8.13.